The number of Topliss-reactive ketones (excluding diaryl/α,β-unsaturated/α-hetero) is 1. The van der Waals surface area contributed by atoms with Gasteiger partial charge < -0.3 is 31.1 Å². The molecule has 1 rings (SSSR count). The number of benzene rings is 1. The Morgan fingerprint density at radius 1 is 0.760 bits per heavy atom. The molecule has 0 aliphatic carbocycles. The average Bonchev–Trinajstić information content (AvgIpc) is 2.63. The summed E-state index contributed by atoms with van der Waals surface area (Å²) in [6.45, 7) is -0.631. The number of carbonyl (C=O) groups is 3. The van der Waals surface area contributed by atoms with Crippen LogP contribution >= 0.6 is 0 Å². The molecule has 138 valence electrons. The molecule has 0 heterocycles. The van der Waals surface area contributed by atoms with Crippen LogP contribution in [0.1, 0.15) is 38.0 Å². The molecule has 1 aromatic carbocycles. The van der Waals surface area contributed by atoms with E-state index in [1.165, 1.54) is 25.1 Å². The molecule has 0 bridgehead atoms. The number of hydrogen-bond acceptors (Lipinski definition) is 7. The molecule has 0 aliphatic rings. The van der Waals surface area contributed by atoms with Crippen molar-refractivity contribution in [1.82, 2.24) is 10.6 Å². The number of hydrogen-bond donors (Lipinski definition) is 6. The van der Waals surface area contributed by atoms with Crippen molar-refractivity contribution in [3.05, 3.63) is 34.9 Å². The number of ketones is 1. The minimum Gasteiger partial charge on any atom is -0.394 e. The molecule has 25 heavy (non-hydrogen) atoms. The second-order valence-corrected chi connectivity index (χ2v) is 5.43. The Morgan fingerprint density at radius 3 is 1.36 bits per heavy atom. The summed E-state index contributed by atoms with van der Waals surface area (Å²) in [7, 11) is 0. The molecule has 6 N–H and O–H groups in total. The smallest absolute Gasteiger partial charge is 0.251 e. The molecular formula is C16H22N2O7. The molecular weight excluding hydrogens is 332 g/mol. The first-order valence-electron chi connectivity index (χ1n) is 7.57. The van der Waals surface area contributed by atoms with Crippen molar-refractivity contribution >= 4 is 17.6 Å². The van der Waals surface area contributed by atoms with Gasteiger partial charge >= 0.3 is 0 Å². The summed E-state index contributed by atoms with van der Waals surface area (Å²) in [5.41, 5.74) is 0.107. The maximum absolute atomic E-state index is 12.2. The maximum Gasteiger partial charge on any atom is 0.251 e. The van der Waals surface area contributed by atoms with E-state index in [9.17, 15) is 14.4 Å². The standard InChI is InChI=1S/C16H22N2O7/c1-9(23)10-2-11(15(24)17-13(5-19)6-20)4-12(3-10)16(25)18-14(7-21)8-22/h2-4,13-14,19-22H,5-8H2,1H3,(H,17,24)(H,18,25). The molecule has 1 aromatic rings. The number of aliphatic hydroxyl groups is 4. The third-order valence-corrected chi connectivity index (χ3v) is 3.42. The van der Waals surface area contributed by atoms with E-state index in [1.54, 1.807) is 0 Å². The zero-order valence-electron chi connectivity index (χ0n) is 13.7. The van der Waals surface area contributed by atoms with Gasteiger partial charge in [0.1, 0.15) is 0 Å². The average molecular weight is 354 g/mol. The van der Waals surface area contributed by atoms with Crippen molar-refractivity contribution in [3.8, 4) is 0 Å². The summed E-state index contributed by atoms with van der Waals surface area (Å²) < 4.78 is 0. The van der Waals surface area contributed by atoms with E-state index in [-0.39, 0.29) is 22.5 Å². The second-order valence-electron chi connectivity index (χ2n) is 5.43. The predicted octanol–water partition coefficient (Wildman–Crippen LogP) is -1.94. The van der Waals surface area contributed by atoms with Gasteiger partial charge in [0.2, 0.25) is 0 Å². The van der Waals surface area contributed by atoms with Crippen LogP contribution in [-0.4, -0.2) is 76.5 Å². The van der Waals surface area contributed by atoms with E-state index in [0.29, 0.717) is 0 Å². The van der Waals surface area contributed by atoms with E-state index in [4.69, 9.17) is 20.4 Å². The predicted molar refractivity (Wildman–Crippen MR) is 87.3 cm³/mol. The Balaban J connectivity index is 3.14. The highest BCUT2D eigenvalue weighted by atomic mass is 16.3. The van der Waals surface area contributed by atoms with Gasteiger partial charge in [-0.05, 0) is 25.1 Å². The first-order chi connectivity index (χ1) is 11.9. The molecule has 0 atom stereocenters. The quantitative estimate of drug-likeness (QED) is 0.282. The molecule has 9 heteroatoms. The van der Waals surface area contributed by atoms with E-state index >= 15 is 0 Å². The molecule has 0 spiro atoms. The van der Waals surface area contributed by atoms with Gasteiger partial charge in [0, 0.05) is 16.7 Å². The minimum absolute atomic E-state index is 0.00528. The molecule has 0 saturated carbocycles. The first-order valence-corrected chi connectivity index (χ1v) is 7.57. The highest BCUT2D eigenvalue weighted by molar-refractivity contribution is 6.04. The molecule has 2 amide bonds. The van der Waals surface area contributed by atoms with Gasteiger partial charge in [-0.1, -0.05) is 0 Å². The third kappa shape index (κ3) is 5.91. The van der Waals surface area contributed by atoms with Crippen LogP contribution in [0.3, 0.4) is 0 Å². The van der Waals surface area contributed by atoms with Crippen LogP contribution in [0.4, 0.5) is 0 Å². The zero-order valence-corrected chi connectivity index (χ0v) is 13.7. The van der Waals surface area contributed by atoms with Crippen molar-refractivity contribution < 1.29 is 34.8 Å². The van der Waals surface area contributed by atoms with Gasteiger partial charge in [-0.15, -0.1) is 0 Å². The molecule has 0 aliphatic heterocycles. The van der Waals surface area contributed by atoms with Gasteiger partial charge in [0.15, 0.2) is 5.78 Å². The van der Waals surface area contributed by atoms with Crippen LogP contribution < -0.4 is 10.6 Å². The first kappa shape index (κ1) is 20.7. The lowest BCUT2D eigenvalue weighted by molar-refractivity contribution is 0.0877. The summed E-state index contributed by atoms with van der Waals surface area (Å²) in [4.78, 5) is 36.0. The van der Waals surface area contributed by atoms with Gasteiger partial charge in [-0.3, -0.25) is 14.4 Å². The number of aliphatic hydroxyl groups excluding tert-OH is 4. The Labute approximate surface area is 144 Å². The maximum atomic E-state index is 12.2. The van der Waals surface area contributed by atoms with Crippen LogP contribution in [0.25, 0.3) is 0 Å². The topological polar surface area (TPSA) is 156 Å². The summed E-state index contributed by atoms with van der Waals surface area (Å²) in [6.07, 6.45) is 0. The Morgan fingerprint density at radius 2 is 1.08 bits per heavy atom. The Kier molecular flexibility index (Phi) is 8.16. The van der Waals surface area contributed by atoms with E-state index in [2.05, 4.69) is 10.6 Å². The fraction of sp³-hybridized carbons (Fsp3) is 0.438. The zero-order chi connectivity index (χ0) is 19.0. The second kappa shape index (κ2) is 9.84. The lowest BCUT2D eigenvalue weighted by Crippen LogP contribution is -2.41. The minimum atomic E-state index is -0.876. The van der Waals surface area contributed by atoms with Crippen molar-refractivity contribution in [2.24, 2.45) is 0 Å². The number of amides is 2. The van der Waals surface area contributed by atoms with Gasteiger partial charge in [0.05, 0.1) is 38.5 Å². The lowest BCUT2D eigenvalue weighted by Gasteiger charge is -2.16. The van der Waals surface area contributed by atoms with Crippen LogP contribution in [0.5, 0.6) is 0 Å². The van der Waals surface area contributed by atoms with Crippen molar-refractivity contribution in [3.63, 3.8) is 0 Å². The lowest BCUT2D eigenvalue weighted by atomic mass is 10.0. The normalized spacial score (nSPS) is 10.8. The Hall–Kier alpha value is -2.33. The van der Waals surface area contributed by atoms with Gasteiger partial charge in [-0.25, -0.2) is 0 Å². The van der Waals surface area contributed by atoms with E-state index in [1.807, 2.05) is 0 Å². The summed E-state index contributed by atoms with van der Waals surface area (Å²) in [6, 6.07) is 2.05. The largest absolute Gasteiger partial charge is 0.394 e. The highest BCUT2D eigenvalue weighted by Gasteiger charge is 2.18. The van der Waals surface area contributed by atoms with E-state index in [0.717, 1.165) is 0 Å². The molecule has 0 fully saturated rings. The van der Waals surface area contributed by atoms with Crippen molar-refractivity contribution in [1.29, 1.82) is 0 Å². The number of nitrogens with one attached hydrogen (secondary N) is 2. The number of carbonyl (C=O) groups excluding carboxylic acids is 3. The fourth-order valence-corrected chi connectivity index (χ4v) is 1.93. The van der Waals surface area contributed by atoms with Gasteiger partial charge in [0.25, 0.3) is 11.8 Å². The van der Waals surface area contributed by atoms with Crippen molar-refractivity contribution in [2.45, 2.75) is 19.0 Å². The molecule has 0 aromatic heterocycles. The molecule has 9 nitrogen and oxygen atoms in total. The summed E-state index contributed by atoms with van der Waals surface area (Å²) in [5.74, 6) is -1.72. The fourth-order valence-electron chi connectivity index (χ4n) is 1.93. The SMILES string of the molecule is CC(=O)c1cc(C(=O)NC(CO)CO)cc(C(=O)NC(CO)CO)c1. The Bertz CT molecular complexity index is 581. The summed E-state index contributed by atoms with van der Waals surface area (Å²) >= 11 is 0. The van der Waals surface area contributed by atoms with Gasteiger partial charge in [-0.2, -0.15) is 0 Å². The van der Waals surface area contributed by atoms with Crippen LogP contribution in [-0.2, 0) is 0 Å². The molecule has 0 radical (unpaired) electrons. The van der Waals surface area contributed by atoms with Crippen LogP contribution in [0, 0.1) is 0 Å². The third-order valence-electron chi connectivity index (χ3n) is 3.42. The molecule has 0 unspecified atom stereocenters. The number of rotatable bonds is 9. The van der Waals surface area contributed by atoms with Crippen LogP contribution in [0.15, 0.2) is 18.2 Å². The van der Waals surface area contributed by atoms with E-state index < -0.39 is 50.3 Å². The molecule has 0 saturated heterocycles. The van der Waals surface area contributed by atoms with Crippen molar-refractivity contribution in [2.75, 3.05) is 26.4 Å². The highest BCUT2D eigenvalue weighted by Crippen LogP contribution is 2.12. The summed E-state index contributed by atoms with van der Waals surface area (Å²) in [5, 5.41) is 40.8. The van der Waals surface area contributed by atoms with Crippen LogP contribution in [0.2, 0.25) is 0 Å². The monoisotopic (exact) mass is 354 g/mol.